The van der Waals surface area contributed by atoms with Gasteiger partial charge in [-0.15, -0.1) is 0 Å². The average molecular weight is 314 g/mol. The number of aromatic nitrogens is 2. The summed E-state index contributed by atoms with van der Waals surface area (Å²) in [4.78, 5) is 37.6. The molecule has 1 saturated heterocycles. The number of hydrogen-bond acceptors (Lipinski definition) is 4. The molecule has 2 N–H and O–H groups in total. The van der Waals surface area contributed by atoms with Crippen LogP contribution >= 0.6 is 0 Å². The van der Waals surface area contributed by atoms with Crippen LogP contribution in [0, 0.1) is 12.8 Å². The van der Waals surface area contributed by atoms with Crippen molar-refractivity contribution in [2.75, 3.05) is 13.1 Å². The van der Waals surface area contributed by atoms with Crippen LogP contribution in [0.2, 0.25) is 0 Å². The van der Waals surface area contributed by atoms with Crippen molar-refractivity contribution in [2.45, 2.75) is 19.9 Å². The molecule has 23 heavy (non-hydrogen) atoms. The maximum atomic E-state index is 12.5. The molecule has 0 aliphatic carbocycles. The fraction of sp³-hybridized carbons (Fsp3) is 0.375. The summed E-state index contributed by atoms with van der Waals surface area (Å²) in [7, 11) is 0. The Kier molecular flexibility index (Phi) is 3.85. The molecule has 1 aliphatic heterocycles. The van der Waals surface area contributed by atoms with Crippen molar-refractivity contribution in [2.24, 2.45) is 11.7 Å². The predicted molar refractivity (Wildman–Crippen MR) is 84.6 cm³/mol. The third-order valence-electron chi connectivity index (χ3n) is 4.28. The van der Waals surface area contributed by atoms with Crippen LogP contribution in [0.5, 0.6) is 0 Å². The highest BCUT2D eigenvalue weighted by Gasteiger charge is 2.29. The second kappa shape index (κ2) is 5.83. The lowest BCUT2D eigenvalue weighted by Gasteiger charge is -2.16. The molecule has 1 atom stereocenters. The van der Waals surface area contributed by atoms with E-state index in [9.17, 15) is 14.4 Å². The maximum Gasteiger partial charge on any atom is 0.275 e. The fourth-order valence-corrected chi connectivity index (χ4v) is 2.96. The van der Waals surface area contributed by atoms with Gasteiger partial charge >= 0.3 is 0 Å². The van der Waals surface area contributed by atoms with Gasteiger partial charge in [0.2, 0.25) is 11.8 Å². The van der Waals surface area contributed by atoms with Crippen molar-refractivity contribution in [3.63, 3.8) is 0 Å². The summed E-state index contributed by atoms with van der Waals surface area (Å²) in [6.07, 6.45) is 0.570. The van der Waals surface area contributed by atoms with Crippen molar-refractivity contribution in [1.82, 2.24) is 14.7 Å². The first kappa shape index (κ1) is 15.2. The minimum absolute atomic E-state index is 0.129. The van der Waals surface area contributed by atoms with E-state index >= 15 is 0 Å². The summed E-state index contributed by atoms with van der Waals surface area (Å²) in [5.74, 6) is -0.919. The van der Waals surface area contributed by atoms with Crippen molar-refractivity contribution >= 4 is 22.6 Å². The number of likely N-dealkylation sites (tertiary alicyclic amines) is 1. The van der Waals surface area contributed by atoms with E-state index in [1.165, 1.54) is 4.68 Å². The molecular formula is C16H18N4O3. The molecule has 7 heteroatoms. The molecule has 0 spiro atoms. The Morgan fingerprint density at radius 3 is 2.65 bits per heavy atom. The van der Waals surface area contributed by atoms with E-state index in [1.807, 2.05) is 19.1 Å². The molecule has 1 aromatic heterocycles. The van der Waals surface area contributed by atoms with Gasteiger partial charge in [-0.2, -0.15) is 5.10 Å². The van der Waals surface area contributed by atoms with Crippen molar-refractivity contribution in [3.05, 3.63) is 40.3 Å². The molecule has 1 fully saturated rings. The summed E-state index contributed by atoms with van der Waals surface area (Å²) in [6.45, 7) is 2.47. The number of carbonyl (C=O) groups is 2. The Labute approximate surface area is 132 Å². The number of aryl methyl sites for hydroxylation is 1. The average Bonchev–Trinajstić information content (AvgIpc) is 3.03. The molecule has 1 aromatic carbocycles. The number of benzene rings is 1. The van der Waals surface area contributed by atoms with Gasteiger partial charge in [-0.05, 0) is 19.4 Å². The molecule has 2 aromatic rings. The van der Waals surface area contributed by atoms with E-state index in [0.717, 1.165) is 5.39 Å². The zero-order valence-corrected chi connectivity index (χ0v) is 12.9. The number of carbonyl (C=O) groups excluding carboxylic acids is 2. The molecular weight excluding hydrogens is 296 g/mol. The minimum Gasteiger partial charge on any atom is -0.369 e. The summed E-state index contributed by atoms with van der Waals surface area (Å²) in [5, 5.41) is 5.57. The zero-order chi connectivity index (χ0) is 16.6. The van der Waals surface area contributed by atoms with E-state index in [4.69, 9.17) is 5.73 Å². The highest BCUT2D eigenvalue weighted by Crippen LogP contribution is 2.16. The lowest BCUT2D eigenvalue weighted by atomic mass is 10.1. The fourth-order valence-electron chi connectivity index (χ4n) is 2.96. The van der Waals surface area contributed by atoms with Crippen molar-refractivity contribution in [3.8, 4) is 0 Å². The number of amides is 2. The van der Waals surface area contributed by atoms with Crippen LogP contribution in [0.15, 0.2) is 29.1 Å². The van der Waals surface area contributed by atoms with Gasteiger partial charge in [0, 0.05) is 18.5 Å². The van der Waals surface area contributed by atoms with Crippen LogP contribution in [-0.4, -0.2) is 39.6 Å². The number of rotatable bonds is 3. The van der Waals surface area contributed by atoms with E-state index in [1.54, 1.807) is 17.0 Å². The van der Waals surface area contributed by atoms with Crippen LogP contribution in [0.25, 0.3) is 10.8 Å². The quantitative estimate of drug-likeness (QED) is 0.864. The highest BCUT2D eigenvalue weighted by atomic mass is 16.2. The number of fused-ring (bicyclic) bond motifs is 1. The Hall–Kier alpha value is -2.70. The second-order valence-electron chi connectivity index (χ2n) is 5.82. The smallest absolute Gasteiger partial charge is 0.275 e. The molecule has 1 aliphatic rings. The van der Waals surface area contributed by atoms with E-state index in [0.29, 0.717) is 30.6 Å². The van der Waals surface area contributed by atoms with Crippen LogP contribution < -0.4 is 11.3 Å². The number of primary amides is 1. The van der Waals surface area contributed by atoms with Gasteiger partial charge in [-0.3, -0.25) is 14.4 Å². The molecule has 3 rings (SSSR count). The van der Waals surface area contributed by atoms with Gasteiger partial charge in [0.05, 0.1) is 17.0 Å². The normalized spacial score (nSPS) is 17.6. The summed E-state index contributed by atoms with van der Waals surface area (Å²) >= 11 is 0. The van der Waals surface area contributed by atoms with Gasteiger partial charge in [0.15, 0.2) is 0 Å². The summed E-state index contributed by atoms with van der Waals surface area (Å²) in [5.41, 5.74) is 5.69. The van der Waals surface area contributed by atoms with Crippen LogP contribution in [0.4, 0.5) is 0 Å². The Bertz CT molecular complexity index is 843. The molecule has 0 radical (unpaired) electrons. The maximum absolute atomic E-state index is 12.5. The molecule has 1 unspecified atom stereocenters. The molecule has 120 valence electrons. The summed E-state index contributed by atoms with van der Waals surface area (Å²) in [6, 6.07) is 7.20. The van der Waals surface area contributed by atoms with Crippen LogP contribution in [-0.2, 0) is 16.1 Å². The van der Waals surface area contributed by atoms with Gasteiger partial charge in [-0.25, -0.2) is 4.68 Å². The first-order valence-corrected chi connectivity index (χ1v) is 7.51. The SMILES string of the molecule is Cc1nn(CC(=O)N2CCC(C(N)=O)C2)c(=O)c2ccccc12. The summed E-state index contributed by atoms with van der Waals surface area (Å²) < 4.78 is 1.19. The van der Waals surface area contributed by atoms with Gasteiger partial charge in [0.1, 0.15) is 6.54 Å². The largest absolute Gasteiger partial charge is 0.369 e. The molecule has 7 nitrogen and oxygen atoms in total. The zero-order valence-electron chi connectivity index (χ0n) is 12.9. The van der Waals surface area contributed by atoms with Crippen molar-refractivity contribution in [1.29, 1.82) is 0 Å². The lowest BCUT2D eigenvalue weighted by molar-refractivity contribution is -0.131. The standard InChI is InChI=1S/C16H18N4O3/c1-10-12-4-2-3-5-13(12)16(23)20(18-10)9-14(21)19-7-6-11(8-19)15(17)22/h2-5,11H,6-9H2,1H3,(H2,17,22). The second-order valence-corrected chi connectivity index (χ2v) is 5.82. The number of nitrogens with zero attached hydrogens (tertiary/aromatic N) is 3. The van der Waals surface area contributed by atoms with E-state index in [-0.39, 0.29) is 23.9 Å². The third kappa shape index (κ3) is 2.81. The van der Waals surface area contributed by atoms with Crippen LogP contribution in [0.3, 0.4) is 0 Å². The first-order chi connectivity index (χ1) is 11.0. The van der Waals surface area contributed by atoms with E-state index < -0.39 is 5.91 Å². The lowest BCUT2D eigenvalue weighted by Crippen LogP contribution is -2.37. The Balaban J connectivity index is 1.85. The third-order valence-corrected chi connectivity index (χ3v) is 4.28. The first-order valence-electron chi connectivity index (χ1n) is 7.51. The number of hydrogen-bond donors (Lipinski definition) is 1. The Morgan fingerprint density at radius 1 is 1.30 bits per heavy atom. The van der Waals surface area contributed by atoms with Crippen LogP contribution in [0.1, 0.15) is 12.1 Å². The highest BCUT2D eigenvalue weighted by molar-refractivity contribution is 5.84. The van der Waals surface area contributed by atoms with E-state index in [2.05, 4.69) is 5.10 Å². The minimum atomic E-state index is -0.392. The topological polar surface area (TPSA) is 98.3 Å². The van der Waals surface area contributed by atoms with Crippen molar-refractivity contribution < 1.29 is 9.59 Å². The number of nitrogens with two attached hydrogens (primary N) is 1. The molecule has 2 heterocycles. The predicted octanol–water partition coefficient (Wildman–Crippen LogP) is 0.0387. The Morgan fingerprint density at radius 2 is 2.00 bits per heavy atom. The van der Waals surface area contributed by atoms with Gasteiger partial charge in [-0.1, -0.05) is 18.2 Å². The monoisotopic (exact) mass is 314 g/mol. The van der Waals surface area contributed by atoms with Gasteiger partial charge in [0.25, 0.3) is 5.56 Å². The molecule has 0 bridgehead atoms. The molecule has 2 amide bonds. The molecule has 0 saturated carbocycles. The van der Waals surface area contributed by atoms with Gasteiger partial charge < -0.3 is 10.6 Å².